The molecule has 0 aliphatic carbocycles. The van der Waals surface area contributed by atoms with Crippen LogP contribution < -0.4 is 4.90 Å². The molecule has 9 heteroatoms. The van der Waals surface area contributed by atoms with Crippen LogP contribution in [0.1, 0.15) is 46.9 Å². The molecular weight excluding hydrogens is 424 g/mol. The van der Waals surface area contributed by atoms with Crippen LogP contribution in [0.5, 0.6) is 0 Å². The maximum absolute atomic E-state index is 13.1. The van der Waals surface area contributed by atoms with E-state index in [9.17, 15) is 9.90 Å². The fraction of sp³-hybridized carbons (Fsp3) is 0.478. The molecule has 2 fully saturated rings. The molecule has 0 spiro atoms. The van der Waals surface area contributed by atoms with E-state index in [1.165, 1.54) is 0 Å². The van der Waals surface area contributed by atoms with E-state index in [1.54, 1.807) is 18.4 Å². The van der Waals surface area contributed by atoms with E-state index in [0.717, 1.165) is 54.1 Å². The minimum Gasteiger partial charge on any atom is -0.391 e. The standard InChI is InChI=1S/C23H28N6O2S/c1-15-11-29-21(25-22(15)27-12-17(10-24-2)20(30)13-27)9-18(26-29)19-5-3-4-7-28(19)23(31)16-6-8-32-14-16/h6,8-11,14,17,19-20,30H,3-5,7,12-13H2,1-2H3/t17-,19+,20+/m1/s1. The highest BCUT2D eigenvalue weighted by Crippen LogP contribution is 2.33. The minimum atomic E-state index is -0.449. The van der Waals surface area contributed by atoms with Crippen LogP contribution in [-0.4, -0.2) is 69.5 Å². The zero-order chi connectivity index (χ0) is 22.2. The molecule has 2 saturated heterocycles. The molecule has 168 valence electrons. The van der Waals surface area contributed by atoms with Crippen LogP contribution in [0.2, 0.25) is 0 Å². The Morgan fingerprint density at radius 1 is 1.34 bits per heavy atom. The number of carbonyl (C=O) groups excluding carboxylic acids is 1. The summed E-state index contributed by atoms with van der Waals surface area (Å²) in [5.74, 6) is 0.953. The fourth-order valence-electron chi connectivity index (χ4n) is 4.86. The van der Waals surface area contributed by atoms with E-state index < -0.39 is 6.10 Å². The van der Waals surface area contributed by atoms with Crippen LogP contribution in [0.3, 0.4) is 0 Å². The SMILES string of the molecule is CN=C[C@@H]1CN(c2nc3cc([C@@H]4CCCCN4C(=O)c4ccsc4)nn3cc2C)C[C@@H]1O. The van der Waals surface area contributed by atoms with E-state index in [4.69, 9.17) is 10.1 Å². The van der Waals surface area contributed by atoms with Gasteiger partial charge in [0.2, 0.25) is 0 Å². The highest BCUT2D eigenvalue weighted by atomic mass is 32.1. The maximum atomic E-state index is 13.1. The van der Waals surface area contributed by atoms with Gasteiger partial charge >= 0.3 is 0 Å². The number of nitrogens with zero attached hydrogens (tertiary/aromatic N) is 6. The summed E-state index contributed by atoms with van der Waals surface area (Å²) in [5, 5.41) is 19.0. The summed E-state index contributed by atoms with van der Waals surface area (Å²) in [6, 6.07) is 3.85. The fourth-order valence-corrected chi connectivity index (χ4v) is 5.49. The third kappa shape index (κ3) is 3.80. The number of aliphatic imine (C=N–C) groups is 1. The molecular formula is C23H28N6O2S. The number of rotatable bonds is 4. The summed E-state index contributed by atoms with van der Waals surface area (Å²) in [5.41, 5.74) is 3.40. The van der Waals surface area contributed by atoms with Crippen LogP contribution in [0.4, 0.5) is 5.82 Å². The summed E-state index contributed by atoms with van der Waals surface area (Å²) >= 11 is 1.54. The summed E-state index contributed by atoms with van der Waals surface area (Å²) < 4.78 is 1.81. The number of anilines is 1. The minimum absolute atomic E-state index is 0.0109. The predicted octanol–water partition coefficient (Wildman–Crippen LogP) is 2.96. The van der Waals surface area contributed by atoms with Gasteiger partial charge in [0, 0.05) is 62.0 Å². The Labute approximate surface area is 191 Å². The number of thiophene rings is 1. The lowest BCUT2D eigenvalue weighted by Gasteiger charge is -2.34. The Bertz CT molecular complexity index is 1140. The summed E-state index contributed by atoms with van der Waals surface area (Å²) in [6.07, 6.45) is 6.36. The Kier molecular flexibility index (Phi) is 5.69. The number of aromatic nitrogens is 3. The lowest BCUT2D eigenvalue weighted by molar-refractivity contribution is 0.0606. The largest absolute Gasteiger partial charge is 0.391 e. The average molecular weight is 453 g/mol. The molecule has 1 amide bonds. The summed E-state index contributed by atoms with van der Waals surface area (Å²) in [6.45, 7) is 3.99. The number of hydrogen-bond acceptors (Lipinski definition) is 7. The third-order valence-electron chi connectivity index (χ3n) is 6.47. The first kappa shape index (κ1) is 21.1. The maximum Gasteiger partial charge on any atom is 0.255 e. The van der Waals surface area contributed by atoms with Crippen molar-refractivity contribution >= 4 is 34.9 Å². The smallest absolute Gasteiger partial charge is 0.255 e. The Balaban J connectivity index is 1.45. The van der Waals surface area contributed by atoms with Crippen molar-refractivity contribution in [3.8, 4) is 0 Å². The van der Waals surface area contributed by atoms with Gasteiger partial charge in [0.1, 0.15) is 5.82 Å². The number of aliphatic hydroxyl groups is 1. The second kappa shape index (κ2) is 8.63. The number of amides is 1. The quantitative estimate of drug-likeness (QED) is 0.615. The molecule has 3 aromatic heterocycles. The van der Waals surface area contributed by atoms with Gasteiger partial charge in [-0.05, 0) is 37.6 Å². The number of likely N-dealkylation sites (tertiary alicyclic amines) is 1. The Morgan fingerprint density at radius 2 is 2.22 bits per heavy atom. The summed E-state index contributed by atoms with van der Waals surface area (Å²) in [4.78, 5) is 26.2. The van der Waals surface area contributed by atoms with Crippen LogP contribution in [-0.2, 0) is 0 Å². The molecule has 5 heterocycles. The molecule has 32 heavy (non-hydrogen) atoms. The molecule has 0 unspecified atom stereocenters. The van der Waals surface area contributed by atoms with Crippen molar-refractivity contribution < 1.29 is 9.90 Å². The number of fused-ring (bicyclic) bond motifs is 1. The monoisotopic (exact) mass is 452 g/mol. The molecule has 5 rings (SSSR count). The zero-order valence-corrected chi connectivity index (χ0v) is 19.2. The third-order valence-corrected chi connectivity index (χ3v) is 7.15. The van der Waals surface area contributed by atoms with Gasteiger partial charge in [0.25, 0.3) is 5.91 Å². The molecule has 2 aliphatic heterocycles. The number of hydrogen-bond donors (Lipinski definition) is 1. The van der Waals surface area contributed by atoms with Gasteiger partial charge in [-0.3, -0.25) is 4.79 Å². The number of carbonyl (C=O) groups is 1. The molecule has 1 N–H and O–H groups in total. The van der Waals surface area contributed by atoms with E-state index in [-0.39, 0.29) is 17.9 Å². The van der Waals surface area contributed by atoms with Gasteiger partial charge in [-0.15, -0.1) is 0 Å². The molecule has 0 bridgehead atoms. The van der Waals surface area contributed by atoms with E-state index >= 15 is 0 Å². The zero-order valence-electron chi connectivity index (χ0n) is 18.4. The molecule has 3 atom stereocenters. The van der Waals surface area contributed by atoms with Gasteiger partial charge in [-0.1, -0.05) is 0 Å². The first-order valence-electron chi connectivity index (χ1n) is 11.1. The van der Waals surface area contributed by atoms with Gasteiger partial charge < -0.3 is 19.9 Å². The number of piperidine rings is 1. The molecule has 0 radical (unpaired) electrons. The number of aryl methyl sites for hydroxylation is 1. The van der Waals surface area contributed by atoms with Crippen LogP contribution in [0.15, 0.2) is 34.1 Å². The first-order valence-corrected chi connectivity index (χ1v) is 12.0. The van der Waals surface area contributed by atoms with Crippen molar-refractivity contribution in [1.82, 2.24) is 19.5 Å². The summed E-state index contributed by atoms with van der Waals surface area (Å²) in [7, 11) is 1.73. The first-order chi connectivity index (χ1) is 15.5. The molecule has 2 aliphatic rings. The van der Waals surface area contributed by atoms with Crippen molar-refractivity contribution in [2.24, 2.45) is 10.9 Å². The topological polar surface area (TPSA) is 86.3 Å². The van der Waals surface area contributed by atoms with Gasteiger partial charge in [0.05, 0.1) is 23.4 Å². The molecule has 0 saturated carbocycles. The van der Waals surface area contributed by atoms with Crippen molar-refractivity contribution in [3.63, 3.8) is 0 Å². The van der Waals surface area contributed by atoms with Gasteiger partial charge in [-0.2, -0.15) is 16.4 Å². The molecule has 3 aromatic rings. The van der Waals surface area contributed by atoms with E-state index in [1.807, 2.05) is 51.6 Å². The highest BCUT2D eigenvalue weighted by molar-refractivity contribution is 7.08. The van der Waals surface area contributed by atoms with Crippen molar-refractivity contribution in [1.29, 1.82) is 0 Å². The second-order valence-corrected chi connectivity index (χ2v) is 9.47. The predicted molar refractivity (Wildman–Crippen MR) is 126 cm³/mol. The Hall–Kier alpha value is -2.78. The van der Waals surface area contributed by atoms with Crippen LogP contribution in [0, 0.1) is 12.8 Å². The average Bonchev–Trinajstić information content (AvgIpc) is 3.53. The van der Waals surface area contributed by atoms with Crippen LogP contribution in [0.25, 0.3) is 5.65 Å². The van der Waals surface area contributed by atoms with E-state index in [2.05, 4.69) is 9.89 Å². The van der Waals surface area contributed by atoms with Crippen molar-refractivity contribution in [2.75, 3.05) is 31.6 Å². The van der Waals surface area contributed by atoms with Gasteiger partial charge in [-0.25, -0.2) is 9.50 Å². The molecule has 0 aromatic carbocycles. The lowest BCUT2D eigenvalue weighted by Crippen LogP contribution is -2.38. The van der Waals surface area contributed by atoms with Crippen LogP contribution >= 0.6 is 11.3 Å². The highest BCUT2D eigenvalue weighted by Gasteiger charge is 2.33. The normalized spacial score (nSPS) is 24.2. The van der Waals surface area contributed by atoms with Gasteiger partial charge in [0.15, 0.2) is 5.65 Å². The Morgan fingerprint density at radius 3 is 3.00 bits per heavy atom. The second-order valence-electron chi connectivity index (χ2n) is 8.69. The van der Waals surface area contributed by atoms with Crippen molar-refractivity contribution in [3.05, 3.63) is 45.9 Å². The van der Waals surface area contributed by atoms with E-state index in [0.29, 0.717) is 13.1 Å². The number of β-amino-alcohol motifs (C(OH)–C–C–N with tert-alkyl or cyclic N) is 1. The number of aliphatic hydroxyl groups excluding tert-OH is 1. The van der Waals surface area contributed by atoms with Crippen molar-refractivity contribution in [2.45, 2.75) is 38.3 Å². The lowest BCUT2D eigenvalue weighted by atomic mass is 9.98. The molecule has 8 nitrogen and oxygen atoms in total.